The van der Waals surface area contributed by atoms with E-state index < -0.39 is 22.0 Å². The number of likely N-dealkylation sites (N-methyl/N-ethyl adjacent to an activating group) is 3. The molecular formula is C75H122BrN15O9Si2. The number of nitrogens with one attached hydrogen (secondary N) is 1. The van der Waals surface area contributed by atoms with Crippen molar-refractivity contribution in [3.8, 4) is 34.6 Å². The van der Waals surface area contributed by atoms with Gasteiger partial charge in [0.1, 0.15) is 34.5 Å². The van der Waals surface area contributed by atoms with E-state index >= 15 is 0 Å². The standard InChI is InChI=1S/C27H45N5O3Si.C24H39N5O2Si.C21H31N5O3.C3H7BrO/c1-26(2,3)36(7,8)35-18-27(4,5)15-20(34)16-31(6)25-21-11-9-12-22(21)29-24(30-25)23-17-32(19-28-23)13-10-14-33;1-23(2,3)32(7,8)31-15-24(4,5)12-17(30)14-29(6)22-18-10-9-11-19(18)27-21(28-22)20-13-25-16-26-20;1-21(2,13-28)10-15(29)11-25(3)20-16-6-4-7-17(16)23-19(24-20)18-12-26(14-22-18)8-5-9-27;4-2-1-3-5/h17,19,33H,9-16,18H2,1-8H3;13,16H,9-12,14-15H2,1-8H3,(H,25,26);12,14,27-28H,4-11,13H2,1-3H3;5H,1-3H2. The molecule has 0 fully saturated rings. The van der Waals surface area contributed by atoms with Crippen LogP contribution in [0, 0.1) is 16.2 Å². The van der Waals surface area contributed by atoms with Crippen LogP contribution >= 0.6 is 15.9 Å². The molecule has 0 aliphatic heterocycles. The Morgan fingerprint density at radius 1 is 0.520 bits per heavy atom. The van der Waals surface area contributed by atoms with Crippen LogP contribution in [0.2, 0.25) is 36.3 Å². The molecule has 0 amide bonds. The van der Waals surface area contributed by atoms with Gasteiger partial charge in [-0.05, 0) is 130 Å². The second kappa shape index (κ2) is 37.3. The lowest BCUT2D eigenvalue weighted by Gasteiger charge is -2.39. The van der Waals surface area contributed by atoms with Crippen molar-refractivity contribution in [2.24, 2.45) is 16.2 Å². The molecule has 0 radical (unpaired) electrons. The molecule has 6 aromatic heterocycles. The number of fused-ring (bicyclic) bond motifs is 3. The van der Waals surface area contributed by atoms with Crippen molar-refractivity contribution < 1.29 is 43.7 Å². The van der Waals surface area contributed by atoms with E-state index in [1.165, 1.54) is 5.56 Å². The maximum Gasteiger partial charge on any atom is 0.192 e. The minimum Gasteiger partial charge on any atom is -0.416 e. The number of halogens is 1. The number of ketones is 3. The molecule has 9 rings (SSSR count). The summed E-state index contributed by atoms with van der Waals surface area (Å²) in [6.45, 7) is 38.7. The van der Waals surface area contributed by atoms with Crippen LogP contribution in [0.4, 0.5) is 17.5 Å². The number of rotatable bonds is 33. The normalized spacial score (nSPS) is 13.8. The first-order chi connectivity index (χ1) is 47.7. The van der Waals surface area contributed by atoms with E-state index in [2.05, 4.69) is 131 Å². The number of hydrogen-bond donors (Lipinski definition) is 5. The first kappa shape index (κ1) is 84.9. The predicted octanol–water partition coefficient (Wildman–Crippen LogP) is 11.8. The van der Waals surface area contributed by atoms with Crippen molar-refractivity contribution in [3.63, 3.8) is 0 Å². The van der Waals surface area contributed by atoms with Crippen molar-refractivity contribution in [2.75, 3.05) is 100 Å². The van der Waals surface area contributed by atoms with E-state index in [0.717, 1.165) is 121 Å². The van der Waals surface area contributed by atoms with Gasteiger partial charge in [0.2, 0.25) is 0 Å². The fourth-order valence-corrected chi connectivity index (χ4v) is 14.4. The third-order valence-corrected chi connectivity index (χ3v) is 29.2. The molecule has 566 valence electrons. The molecule has 24 nitrogen and oxygen atoms in total. The number of aromatic nitrogens is 12. The largest absolute Gasteiger partial charge is 0.416 e. The predicted molar refractivity (Wildman–Crippen MR) is 415 cm³/mol. The summed E-state index contributed by atoms with van der Waals surface area (Å²) in [6, 6.07) is 0. The molecule has 0 unspecified atom stereocenters. The second-order valence-corrected chi connectivity index (χ2v) is 43.7. The summed E-state index contributed by atoms with van der Waals surface area (Å²) in [6.07, 6.45) is 22.9. The van der Waals surface area contributed by atoms with E-state index in [9.17, 15) is 19.5 Å². The highest BCUT2D eigenvalue weighted by Crippen LogP contribution is 2.41. The highest BCUT2D eigenvalue weighted by atomic mass is 79.9. The zero-order valence-corrected chi connectivity index (χ0v) is 68.6. The third-order valence-electron chi connectivity index (χ3n) is 19.7. The average Bonchev–Trinajstić information content (AvgIpc) is 1.61. The highest BCUT2D eigenvalue weighted by Gasteiger charge is 2.41. The van der Waals surface area contributed by atoms with Crippen LogP contribution < -0.4 is 14.7 Å². The smallest absolute Gasteiger partial charge is 0.192 e. The number of nitrogens with zero attached hydrogens (tertiary/aromatic N) is 14. The molecule has 3 aliphatic rings. The van der Waals surface area contributed by atoms with Crippen molar-refractivity contribution in [1.82, 2.24) is 59.0 Å². The number of aliphatic hydroxyl groups excluding tert-OH is 4. The van der Waals surface area contributed by atoms with E-state index in [1.807, 2.05) is 71.2 Å². The number of anilines is 3. The monoisotopic (exact) mass is 1510 g/mol. The van der Waals surface area contributed by atoms with Gasteiger partial charge >= 0.3 is 0 Å². The molecule has 0 saturated carbocycles. The van der Waals surface area contributed by atoms with Crippen molar-refractivity contribution >= 4 is 67.4 Å². The Labute approximate surface area is 617 Å². The fraction of sp³-hybridized carbons (Fsp3) is 0.680. The van der Waals surface area contributed by atoms with Gasteiger partial charge in [-0.2, -0.15) is 0 Å². The van der Waals surface area contributed by atoms with Crippen LogP contribution in [-0.2, 0) is 74.9 Å². The fourth-order valence-electron chi connectivity index (χ4n) is 11.8. The van der Waals surface area contributed by atoms with E-state index in [0.29, 0.717) is 107 Å². The van der Waals surface area contributed by atoms with Gasteiger partial charge in [0, 0.05) is 145 Å². The van der Waals surface area contributed by atoms with Crippen molar-refractivity contribution in [2.45, 2.75) is 229 Å². The molecule has 102 heavy (non-hydrogen) atoms. The summed E-state index contributed by atoms with van der Waals surface area (Å²) in [5.41, 5.74) is 7.96. The Kier molecular flexibility index (Phi) is 31.0. The molecule has 3 aliphatic carbocycles. The second-order valence-electron chi connectivity index (χ2n) is 33.3. The Bertz CT molecular complexity index is 3670. The zero-order valence-electron chi connectivity index (χ0n) is 65.0. The quantitative estimate of drug-likeness (QED) is 0.0189. The molecule has 6 heterocycles. The minimum atomic E-state index is -1.87. The number of carbonyl (C=O) groups is 3. The summed E-state index contributed by atoms with van der Waals surface area (Å²) in [7, 11) is 2.08. The SMILES string of the molecule is CN(CC(=O)CC(C)(C)CO)c1nc(-c2cn(CCCO)cn2)nc2c1CCC2.CN(CC(=O)CC(C)(C)CO[Si](C)(C)C(C)(C)C)c1nc(-c2cn(CCCO)cn2)nc2c1CCC2.CN(CC(=O)CC(C)(C)CO[Si](C)(C)C(C)(C)C)c1nc(-c2cnc[nH]2)nc2c1CCC2.OCCCBr. The van der Waals surface area contributed by atoms with Gasteiger partial charge in [0.05, 0.1) is 44.8 Å². The zero-order chi connectivity index (χ0) is 75.6. The summed E-state index contributed by atoms with van der Waals surface area (Å²) < 4.78 is 16.7. The lowest BCUT2D eigenvalue weighted by molar-refractivity contribution is -0.121. The van der Waals surface area contributed by atoms with Crippen molar-refractivity contribution in [3.05, 3.63) is 71.3 Å². The number of alkyl halides is 1. The molecule has 0 bridgehead atoms. The van der Waals surface area contributed by atoms with Crippen LogP contribution in [0.3, 0.4) is 0 Å². The number of carbonyl (C=O) groups excluding carboxylic acids is 3. The number of H-pyrrole nitrogens is 1. The first-order valence-electron chi connectivity index (χ1n) is 36.4. The number of hydrogen-bond acceptors (Lipinski definition) is 21. The van der Waals surface area contributed by atoms with Gasteiger partial charge in [0.25, 0.3) is 0 Å². The number of Topliss-reactive ketones (excluding diaryl/α,β-unsaturated/α-hetero) is 3. The molecule has 0 aromatic carbocycles. The van der Waals surface area contributed by atoms with Crippen molar-refractivity contribution in [1.29, 1.82) is 0 Å². The Balaban J connectivity index is 0.000000233. The number of imidazole rings is 3. The summed E-state index contributed by atoms with van der Waals surface area (Å²) in [5, 5.41) is 36.8. The van der Waals surface area contributed by atoms with E-state index in [1.54, 1.807) is 25.2 Å². The third kappa shape index (κ3) is 24.8. The maximum atomic E-state index is 13.2. The van der Waals surface area contributed by atoms with Gasteiger partial charge in [-0.15, -0.1) is 0 Å². The lowest BCUT2D eigenvalue weighted by atomic mass is 9.88. The molecule has 0 saturated heterocycles. The maximum absolute atomic E-state index is 13.2. The topological polar surface area (TPSA) is 302 Å². The van der Waals surface area contributed by atoms with E-state index in [4.69, 9.17) is 54.1 Å². The number of aromatic amines is 1. The van der Waals surface area contributed by atoms with Gasteiger partial charge < -0.3 is 58.1 Å². The number of aryl methyl sites for hydroxylation is 5. The Morgan fingerprint density at radius 3 is 1.19 bits per heavy atom. The minimum absolute atomic E-state index is 0.0194. The highest BCUT2D eigenvalue weighted by molar-refractivity contribution is 9.09. The Hall–Kier alpha value is -6.05. The molecule has 0 atom stereocenters. The van der Waals surface area contributed by atoms with Gasteiger partial charge in [-0.3, -0.25) is 14.4 Å². The summed E-state index contributed by atoms with van der Waals surface area (Å²) in [5.74, 6) is 4.75. The number of aliphatic hydroxyl groups is 4. The molecular weight excluding hydrogens is 1390 g/mol. The summed E-state index contributed by atoms with van der Waals surface area (Å²) >= 11 is 3.15. The van der Waals surface area contributed by atoms with Crippen LogP contribution in [0.15, 0.2) is 37.6 Å². The average molecular weight is 1510 g/mol. The molecule has 6 aromatic rings. The van der Waals surface area contributed by atoms with Crippen LogP contribution in [0.5, 0.6) is 0 Å². The molecule has 0 spiro atoms. The molecule has 27 heteroatoms. The van der Waals surface area contributed by atoms with Gasteiger partial charge in [-0.25, -0.2) is 44.9 Å². The van der Waals surface area contributed by atoms with E-state index in [-0.39, 0.29) is 64.6 Å². The van der Waals surface area contributed by atoms with Crippen LogP contribution in [0.25, 0.3) is 34.6 Å². The van der Waals surface area contributed by atoms with Gasteiger partial charge in [0.15, 0.2) is 51.5 Å². The Morgan fingerprint density at radius 2 is 0.873 bits per heavy atom. The van der Waals surface area contributed by atoms with Crippen LogP contribution in [0.1, 0.15) is 175 Å². The van der Waals surface area contributed by atoms with Crippen LogP contribution in [-0.4, -0.2) is 199 Å². The summed E-state index contributed by atoms with van der Waals surface area (Å²) in [4.78, 5) is 89.4. The molecule has 5 N–H and O–H groups in total. The van der Waals surface area contributed by atoms with Gasteiger partial charge in [-0.1, -0.05) is 99.0 Å². The first-order valence-corrected chi connectivity index (χ1v) is 43.4. The lowest BCUT2D eigenvalue weighted by Crippen LogP contribution is -2.43.